The molecule has 0 bridgehead atoms. The van der Waals surface area contributed by atoms with Gasteiger partial charge in [-0.2, -0.15) is 10.2 Å². The summed E-state index contributed by atoms with van der Waals surface area (Å²) < 4.78 is 0. The molecule has 1 heterocycles. The number of amides is 2. The van der Waals surface area contributed by atoms with Crippen LogP contribution in [0.15, 0.2) is 67.0 Å². The second-order valence-corrected chi connectivity index (χ2v) is 5.63. The molecular weight excluding hydrogens is 328 g/mol. The highest BCUT2D eigenvalue weighted by Gasteiger charge is 2.11. The summed E-state index contributed by atoms with van der Waals surface area (Å²) in [4.78, 5) is 24.7. The zero-order valence-electron chi connectivity index (χ0n) is 14.3. The standard InChI is InChI=1S/C20H18N4O2/c1-2-14-6-3-4-9-18(14)24-19(25)15-7-5-8-17(12-15)23-20(26)16-10-11-21-22-13-16/h3-13H,2H2,1H3,(H,23,26)(H,24,25). The van der Waals surface area contributed by atoms with Gasteiger partial charge in [0.05, 0.1) is 18.0 Å². The molecule has 0 aliphatic carbocycles. The van der Waals surface area contributed by atoms with Gasteiger partial charge in [0.15, 0.2) is 0 Å². The van der Waals surface area contributed by atoms with Crippen LogP contribution in [-0.4, -0.2) is 22.0 Å². The molecule has 1 aromatic heterocycles. The SMILES string of the molecule is CCc1ccccc1NC(=O)c1cccc(NC(=O)c2ccnnc2)c1. The fourth-order valence-corrected chi connectivity index (χ4v) is 2.51. The molecule has 3 rings (SSSR count). The van der Waals surface area contributed by atoms with Crippen LogP contribution in [0.3, 0.4) is 0 Å². The highest BCUT2D eigenvalue weighted by atomic mass is 16.2. The van der Waals surface area contributed by atoms with Crippen LogP contribution < -0.4 is 10.6 Å². The Morgan fingerprint density at radius 1 is 0.885 bits per heavy atom. The number of hydrogen-bond donors (Lipinski definition) is 2. The molecule has 0 fully saturated rings. The van der Waals surface area contributed by atoms with Gasteiger partial charge in [0.25, 0.3) is 11.8 Å². The number of nitrogens with zero attached hydrogens (tertiary/aromatic N) is 2. The Balaban J connectivity index is 1.74. The first-order chi connectivity index (χ1) is 12.7. The van der Waals surface area contributed by atoms with Gasteiger partial charge in [-0.25, -0.2) is 0 Å². The van der Waals surface area contributed by atoms with Crippen molar-refractivity contribution >= 4 is 23.2 Å². The van der Waals surface area contributed by atoms with Crippen molar-refractivity contribution in [2.75, 3.05) is 10.6 Å². The maximum absolute atomic E-state index is 12.5. The molecule has 130 valence electrons. The monoisotopic (exact) mass is 346 g/mol. The van der Waals surface area contributed by atoms with E-state index in [9.17, 15) is 9.59 Å². The number of carbonyl (C=O) groups excluding carboxylic acids is 2. The third-order valence-electron chi connectivity index (χ3n) is 3.88. The van der Waals surface area contributed by atoms with E-state index in [4.69, 9.17) is 0 Å². The van der Waals surface area contributed by atoms with Gasteiger partial charge in [-0.3, -0.25) is 9.59 Å². The number of aromatic nitrogens is 2. The molecule has 2 aromatic carbocycles. The van der Waals surface area contributed by atoms with Crippen LogP contribution in [0.4, 0.5) is 11.4 Å². The summed E-state index contributed by atoms with van der Waals surface area (Å²) in [5.74, 6) is -0.540. The van der Waals surface area contributed by atoms with Crippen molar-refractivity contribution in [2.24, 2.45) is 0 Å². The molecule has 0 spiro atoms. The van der Waals surface area contributed by atoms with Gasteiger partial charge in [-0.1, -0.05) is 31.2 Å². The van der Waals surface area contributed by atoms with Crippen molar-refractivity contribution in [3.05, 3.63) is 83.7 Å². The second kappa shape index (κ2) is 8.02. The Kier molecular flexibility index (Phi) is 5.34. The Morgan fingerprint density at radius 2 is 1.69 bits per heavy atom. The van der Waals surface area contributed by atoms with E-state index in [0.29, 0.717) is 16.8 Å². The molecule has 2 amide bonds. The van der Waals surface area contributed by atoms with E-state index in [0.717, 1.165) is 17.7 Å². The number of anilines is 2. The summed E-state index contributed by atoms with van der Waals surface area (Å²) >= 11 is 0. The van der Waals surface area contributed by atoms with Crippen molar-refractivity contribution in [3.63, 3.8) is 0 Å². The van der Waals surface area contributed by atoms with Gasteiger partial charge in [-0.15, -0.1) is 0 Å². The van der Waals surface area contributed by atoms with E-state index in [1.54, 1.807) is 30.3 Å². The van der Waals surface area contributed by atoms with Crippen molar-refractivity contribution in [1.29, 1.82) is 0 Å². The Morgan fingerprint density at radius 3 is 2.46 bits per heavy atom. The van der Waals surface area contributed by atoms with Crippen molar-refractivity contribution in [2.45, 2.75) is 13.3 Å². The van der Waals surface area contributed by atoms with Crippen LogP contribution in [0.25, 0.3) is 0 Å². The van der Waals surface area contributed by atoms with Gasteiger partial charge >= 0.3 is 0 Å². The summed E-state index contributed by atoms with van der Waals surface area (Å²) in [6.45, 7) is 2.04. The molecule has 2 N–H and O–H groups in total. The first kappa shape index (κ1) is 17.3. The van der Waals surface area contributed by atoms with Crippen LogP contribution in [0, 0.1) is 0 Å². The third-order valence-corrected chi connectivity index (χ3v) is 3.88. The largest absolute Gasteiger partial charge is 0.322 e. The fourth-order valence-electron chi connectivity index (χ4n) is 2.51. The summed E-state index contributed by atoms with van der Waals surface area (Å²) in [6.07, 6.45) is 3.66. The zero-order valence-corrected chi connectivity index (χ0v) is 14.3. The third kappa shape index (κ3) is 4.10. The molecule has 6 heteroatoms. The number of rotatable bonds is 5. The lowest BCUT2D eigenvalue weighted by molar-refractivity contribution is 0.101. The van der Waals surface area contributed by atoms with Crippen LogP contribution in [0.1, 0.15) is 33.2 Å². The molecule has 6 nitrogen and oxygen atoms in total. The summed E-state index contributed by atoms with van der Waals surface area (Å²) in [6, 6.07) is 16.0. The quantitative estimate of drug-likeness (QED) is 0.740. The minimum Gasteiger partial charge on any atom is -0.322 e. The molecule has 0 atom stereocenters. The molecule has 26 heavy (non-hydrogen) atoms. The Bertz CT molecular complexity index is 926. The van der Waals surface area contributed by atoms with Crippen molar-refractivity contribution in [3.8, 4) is 0 Å². The van der Waals surface area contributed by atoms with E-state index >= 15 is 0 Å². The van der Waals surface area contributed by atoms with Gasteiger partial charge in [0.1, 0.15) is 0 Å². The maximum atomic E-state index is 12.5. The second-order valence-electron chi connectivity index (χ2n) is 5.63. The molecule has 0 saturated heterocycles. The van der Waals surface area contributed by atoms with E-state index < -0.39 is 0 Å². The number of carbonyl (C=O) groups is 2. The van der Waals surface area contributed by atoms with E-state index in [2.05, 4.69) is 20.8 Å². The topological polar surface area (TPSA) is 84.0 Å². The first-order valence-electron chi connectivity index (χ1n) is 8.24. The molecule has 0 radical (unpaired) electrons. The van der Waals surface area contributed by atoms with Crippen LogP contribution in [-0.2, 0) is 6.42 Å². The summed E-state index contributed by atoms with van der Waals surface area (Å²) in [7, 11) is 0. The number of benzene rings is 2. The average Bonchev–Trinajstić information content (AvgIpc) is 2.69. The predicted molar refractivity (Wildman–Crippen MR) is 100 cm³/mol. The lowest BCUT2D eigenvalue weighted by Crippen LogP contribution is -2.15. The Hall–Kier alpha value is -3.54. The molecule has 0 saturated carbocycles. The Labute approximate surface area is 151 Å². The highest BCUT2D eigenvalue weighted by molar-refractivity contribution is 6.07. The molecule has 0 aliphatic rings. The van der Waals surface area contributed by atoms with Crippen molar-refractivity contribution < 1.29 is 9.59 Å². The van der Waals surface area contributed by atoms with Gasteiger partial charge in [-0.05, 0) is 42.3 Å². The van der Waals surface area contributed by atoms with Crippen LogP contribution in [0.2, 0.25) is 0 Å². The van der Waals surface area contributed by atoms with Crippen LogP contribution in [0.5, 0.6) is 0 Å². The minimum atomic E-state index is -0.311. The zero-order chi connectivity index (χ0) is 18.4. The first-order valence-corrected chi connectivity index (χ1v) is 8.24. The number of para-hydroxylation sites is 1. The maximum Gasteiger partial charge on any atom is 0.257 e. The lowest BCUT2D eigenvalue weighted by atomic mass is 10.1. The van der Waals surface area contributed by atoms with E-state index in [-0.39, 0.29) is 11.8 Å². The lowest BCUT2D eigenvalue weighted by Gasteiger charge is -2.11. The fraction of sp³-hybridized carbons (Fsp3) is 0.100. The highest BCUT2D eigenvalue weighted by Crippen LogP contribution is 2.18. The smallest absolute Gasteiger partial charge is 0.257 e. The molecule has 0 unspecified atom stereocenters. The number of nitrogens with one attached hydrogen (secondary N) is 2. The van der Waals surface area contributed by atoms with Crippen LogP contribution >= 0.6 is 0 Å². The number of hydrogen-bond acceptors (Lipinski definition) is 4. The minimum absolute atomic E-state index is 0.229. The molecule has 3 aromatic rings. The van der Waals surface area contributed by atoms with Gasteiger partial charge in [0.2, 0.25) is 0 Å². The summed E-state index contributed by atoms with van der Waals surface area (Å²) in [5, 5.41) is 13.0. The average molecular weight is 346 g/mol. The van der Waals surface area contributed by atoms with Gasteiger partial charge in [0, 0.05) is 16.9 Å². The number of aryl methyl sites for hydroxylation is 1. The normalized spacial score (nSPS) is 10.2. The molecular formula is C20H18N4O2. The van der Waals surface area contributed by atoms with E-state index in [1.165, 1.54) is 12.4 Å². The van der Waals surface area contributed by atoms with E-state index in [1.807, 2.05) is 31.2 Å². The summed E-state index contributed by atoms with van der Waals surface area (Å²) in [5.41, 5.74) is 3.24. The molecule has 0 aliphatic heterocycles. The van der Waals surface area contributed by atoms with Gasteiger partial charge < -0.3 is 10.6 Å². The van der Waals surface area contributed by atoms with Crippen molar-refractivity contribution in [1.82, 2.24) is 10.2 Å². The predicted octanol–water partition coefficient (Wildman–Crippen LogP) is 3.54.